The van der Waals surface area contributed by atoms with Gasteiger partial charge in [0.2, 0.25) is 0 Å². The first-order valence-electron chi connectivity index (χ1n) is 6.25. The number of aliphatic carboxylic acids is 1. The molecule has 0 aliphatic carbocycles. The van der Waals surface area contributed by atoms with Gasteiger partial charge in [-0.05, 0) is 37.6 Å². The number of hydrogen-bond donors (Lipinski definition) is 2. The lowest BCUT2D eigenvalue weighted by molar-refractivity contribution is -0.139. The molecule has 118 valence electrons. The van der Waals surface area contributed by atoms with E-state index in [0.29, 0.717) is 0 Å². The van der Waals surface area contributed by atoms with E-state index in [4.69, 9.17) is 10.4 Å². The van der Waals surface area contributed by atoms with Crippen LogP contribution in [0.15, 0.2) is 24.3 Å². The van der Waals surface area contributed by atoms with Crippen molar-refractivity contribution in [2.75, 3.05) is 0 Å². The van der Waals surface area contributed by atoms with Gasteiger partial charge in [0, 0.05) is 11.5 Å². The van der Waals surface area contributed by atoms with E-state index in [2.05, 4.69) is 5.32 Å². The third-order valence-corrected chi connectivity index (χ3v) is 2.89. The van der Waals surface area contributed by atoms with Crippen LogP contribution in [0.2, 0.25) is 0 Å². The molecule has 0 aliphatic rings. The number of benzene rings is 1. The number of carboxylic acid groups (broad SMARTS) is 1. The summed E-state index contributed by atoms with van der Waals surface area (Å²) in [6.07, 6.45) is -4.61. The predicted molar refractivity (Wildman–Crippen MR) is 69.7 cm³/mol. The summed E-state index contributed by atoms with van der Waals surface area (Å²) in [5.74, 6) is -2.72. The molecule has 22 heavy (non-hydrogen) atoms. The Bertz CT molecular complexity index is 591. The van der Waals surface area contributed by atoms with Crippen LogP contribution in [0.3, 0.4) is 0 Å². The average molecular weight is 314 g/mol. The maximum Gasteiger partial charge on any atom is 0.416 e. The van der Waals surface area contributed by atoms with Gasteiger partial charge < -0.3 is 10.4 Å². The minimum atomic E-state index is -4.51. The molecule has 0 saturated carbocycles. The molecule has 0 aromatic heterocycles. The monoisotopic (exact) mass is 314 g/mol. The number of carboxylic acids is 1. The summed E-state index contributed by atoms with van der Waals surface area (Å²) in [5, 5.41) is 19.8. The Labute approximate surface area is 124 Å². The van der Waals surface area contributed by atoms with Crippen molar-refractivity contribution in [2.45, 2.75) is 25.6 Å². The van der Waals surface area contributed by atoms with Crippen molar-refractivity contribution in [3.05, 3.63) is 35.4 Å². The second kappa shape index (κ2) is 6.93. The van der Waals surface area contributed by atoms with Crippen LogP contribution in [-0.2, 0) is 11.0 Å². The van der Waals surface area contributed by atoms with E-state index in [1.165, 1.54) is 6.92 Å². The maximum atomic E-state index is 12.4. The van der Waals surface area contributed by atoms with E-state index in [1.54, 1.807) is 0 Å². The molecule has 0 aliphatic heterocycles. The molecule has 1 aromatic rings. The van der Waals surface area contributed by atoms with E-state index in [0.717, 1.165) is 24.3 Å². The van der Waals surface area contributed by atoms with Crippen LogP contribution < -0.4 is 5.32 Å². The lowest BCUT2D eigenvalue weighted by Gasteiger charge is -2.15. The van der Waals surface area contributed by atoms with Crippen molar-refractivity contribution in [2.24, 2.45) is 5.92 Å². The lowest BCUT2D eigenvalue weighted by atomic mass is 10.0. The van der Waals surface area contributed by atoms with Crippen LogP contribution >= 0.6 is 0 Å². The molecular weight excluding hydrogens is 301 g/mol. The van der Waals surface area contributed by atoms with E-state index in [-0.39, 0.29) is 12.0 Å². The van der Waals surface area contributed by atoms with Gasteiger partial charge in [-0.2, -0.15) is 18.4 Å². The zero-order chi connectivity index (χ0) is 16.9. The third-order valence-electron chi connectivity index (χ3n) is 2.89. The smallest absolute Gasteiger partial charge is 0.416 e. The Morgan fingerprint density at radius 3 is 2.27 bits per heavy atom. The number of nitrogens with one attached hydrogen (secondary N) is 1. The Balaban J connectivity index is 2.82. The van der Waals surface area contributed by atoms with Crippen LogP contribution in [-0.4, -0.2) is 23.0 Å². The Morgan fingerprint density at radius 1 is 1.32 bits per heavy atom. The molecule has 0 unspecified atom stereocenters. The predicted octanol–water partition coefficient (Wildman–Crippen LogP) is 2.44. The molecule has 0 fully saturated rings. The lowest BCUT2D eigenvalue weighted by Crippen LogP contribution is -2.41. The third kappa shape index (κ3) is 4.77. The number of amides is 1. The van der Waals surface area contributed by atoms with Crippen LogP contribution in [0, 0.1) is 17.2 Å². The average Bonchev–Trinajstić information content (AvgIpc) is 2.45. The molecule has 0 saturated heterocycles. The van der Waals surface area contributed by atoms with Crippen molar-refractivity contribution in [3.63, 3.8) is 0 Å². The topological polar surface area (TPSA) is 90.2 Å². The van der Waals surface area contributed by atoms with Crippen molar-refractivity contribution < 1.29 is 27.9 Å². The summed E-state index contributed by atoms with van der Waals surface area (Å²) in [7, 11) is 0. The Hall–Kier alpha value is -2.56. The Kier molecular flexibility index (Phi) is 5.51. The SMILES string of the molecule is C[C@H](C#N)C[C@@H](NC(=O)c1ccc(C(F)(F)F)cc1)C(=O)O. The zero-order valence-corrected chi connectivity index (χ0v) is 11.5. The van der Waals surface area contributed by atoms with Gasteiger partial charge in [-0.25, -0.2) is 4.79 Å². The number of carbonyl (C=O) groups excluding carboxylic acids is 1. The molecular formula is C14H13F3N2O3. The van der Waals surface area contributed by atoms with Crippen molar-refractivity contribution >= 4 is 11.9 Å². The zero-order valence-electron chi connectivity index (χ0n) is 11.5. The number of nitriles is 1. The van der Waals surface area contributed by atoms with Crippen molar-refractivity contribution in [1.82, 2.24) is 5.32 Å². The van der Waals surface area contributed by atoms with Crippen LogP contribution in [0.1, 0.15) is 29.3 Å². The van der Waals surface area contributed by atoms with E-state index >= 15 is 0 Å². The van der Waals surface area contributed by atoms with Crippen LogP contribution in [0.5, 0.6) is 0 Å². The molecule has 5 nitrogen and oxygen atoms in total. The standard InChI is InChI=1S/C14H13F3N2O3/c1-8(7-18)6-11(13(21)22)19-12(20)9-2-4-10(5-3-9)14(15,16)17/h2-5,8,11H,6H2,1H3,(H,19,20)(H,21,22)/t8-,11+/m0/s1. The quantitative estimate of drug-likeness (QED) is 0.873. The van der Waals surface area contributed by atoms with Crippen LogP contribution in [0.25, 0.3) is 0 Å². The van der Waals surface area contributed by atoms with Crippen LogP contribution in [0.4, 0.5) is 13.2 Å². The molecule has 0 heterocycles. The Morgan fingerprint density at radius 2 is 1.86 bits per heavy atom. The fourth-order valence-electron chi connectivity index (χ4n) is 1.68. The minimum absolute atomic E-state index is 0.0936. The number of halogens is 3. The highest BCUT2D eigenvalue weighted by Gasteiger charge is 2.30. The van der Waals surface area contributed by atoms with Gasteiger partial charge in [0.25, 0.3) is 5.91 Å². The molecule has 1 rings (SSSR count). The van der Waals surface area contributed by atoms with E-state index in [9.17, 15) is 22.8 Å². The number of alkyl halides is 3. The van der Waals surface area contributed by atoms with Gasteiger partial charge >= 0.3 is 12.1 Å². The molecule has 0 bridgehead atoms. The number of nitrogens with zero attached hydrogens (tertiary/aromatic N) is 1. The summed E-state index contributed by atoms with van der Waals surface area (Å²) < 4.78 is 37.2. The molecule has 0 radical (unpaired) electrons. The van der Waals surface area contributed by atoms with Gasteiger partial charge in [0.05, 0.1) is 11.6 Å². The van der Waals surface area contributed by atoms with Gasteiger partial charge in [0.15, 0.2) is 0 Å². The summed E-state index contributed by atoms with van der Waals surface area (Å²) in [6, 6.07) is 3.96. The fraction of sp³-hybridized carbons (Fsp3) is 0.357. The molecule has 1 amide bonds. The van der Waals surface area contributed by atoms with Gasteiger partial charge in [-0.3, -0.25) is 4.79 Å². The van der Waals surface area contributed by atoms with E-state index < -0.39 is 35.6 Å². The molecule has 8 heteroatoms. The molecule has 2 atom stereocenters. The first-order chi connectivity index (χ1) is 10.1. The maximum absolute atomic E-state index is 12.4. The molecule has 0 spiro atoms. The summed E-state index contributed by atoms with van der Waals surface area (Å²) in [4.78, 5) is 22.9. The van der Waals surface area contributed by atoms with Crippen molar-refractivity contribution in [1.29, 1.82) is 5.26 Å². The summed E-state index contributed by atoms with van der Waals surface area (Å²) in [5.41, 5.74) is -0.999. The normalized spacial score (nSPS) is 13.8. The fourth-order valence-corrected chi connectivity index (χ4v) is 1.68. The largest absolute Gasteiger partial charge is 0.480 e. The number of carbonyl (C=O) groups is 2. The molecule has 2 N–H and O–H groups in total. The first kappa shape index (κ1) is 17.5. The number of hydrogen-bond acceptors (Lipinski definition) is 3. The van der Waals surface area contributed by atoms with E-state index in [1.807, 2.05) is 6.07 Å². The highest BCUT2D eigenvalue weighted by molar-refractivity contribution is 5.96. The highest BCUT2D eigenvalue weighted by atomic mass is 19.4. The van der Waals surface area contributed by atoms with Crippen molar-refractivity contribution in [3.8, 4) is 6.07 Å². The summed E-state index contributed by atoms with van der Waals surface area (Å²) >= 11 is 0. The first-order valence-corrected chi connectivity index (χ1v) is 6.25. The second-order valence-electron chi connectivity index (χ2n) is 4.71. The van der Waals surface area contributed by atoms with Gasteiger partial charge in [0.1, 0.15) is 6.04 Å². The summed E-state index contributed by atoms with van der Waals surface area (Å²) in [6.45, 7) is 1.50. The highest BCUT2D eigenvalue weighted by Crippen LogP contribution is 2.29. The molecule has 1 aromatic carbocycles. The second-order valence-corrected chi connectivity index (χ2v) is 4.71. The minimum Gasteiger partial charge on any atom is -0.480 e. The van der Waals surface area contributed by atoms with Gasteiger partial charge in [-0.15, -0.1) is 0 Å². The number of rotatable bonds is 5. The van der Waals surface area contributed by atoms with Gasteiger partial charge in [-0.1, -0.05) is 0 Å².